The Morgan fingerprint density at radius 2 is 2.00 bits per heavy atom. The van der Waals surface area contributed by atoms with Crippen LogP contribution in [0.1, 0.15) is 26.3 Å². The van der Waals surface area contributed by atoms with E-state index < -0.39 is 23.2 Å². The Bertz CT molecular complexity index is 535. The zero-order valence-electron chi connectivity index (χ0n) is 11.2. The minimum absolute atomic E-state index is 0.496. The maximum Gasteiger partial charge on any atom is 0.316 e. The predicted octanol–water partition coefficient (Wildman–Crippen LogP) is 2.35. The van der Waals surface area contributed by atoms with Crippen molar-refractivity contribution in [3.63, 3.8) is 0 Å². The molecule has 0 heterocycles. The summed E-state index contributed by atoms with van der Waals surface area (Å²) in [5.74, 6) is -0.356. The van der Waals surface area contributed by atoms with Crippen LogP contribution >= 0.6 is 0 Å². The molecule has 0 spiro atoms. The fourth-order valence-corrected chi connectivity index (χ4v) is 1.78. The van der Waals surface area contributed by atoms with Crippen LogP contribution in [-0.2, 0) is 9.59 Å². The Morgan fingerprint density at radius 1 is 1.37 bits per heavy atom. The average Bonchev–Trinajstić information content (AvgIpc) is 2.26. The van der Waals surface area contributed by atoms with E-state index in [-0.39, 0.29) is 0 Å². The smallest absolute Gasteiger partial charge is 0.316 e. The SMILES string of the molecule is C#Cc1cccc(NC(=O)C(C(=O)O)C(C)(C)C)c1. The summed E-state index contributed by atoms with van der Waals surface area (Å²) in [6, 6.07) is 6.73. The molecule has 1 amide bonds. The highest BCUT2D eigenvalue weighted by molar-refractivity contribution is 6.04. The summed E-state index contributed by atoms with van der Waals surface area (Å²) in [5.41, 5.74) is 0.455. The van der Waals surface area contributed by atoms with E-state index in [4.69, 9.17) is 11.5 Å². The highest BCUT2D eigenvalue weighted by atomic mass is 16.4. The fraction of sp³-hybridized carbons (Fsp3) is 0.333. The van der Waals surface area contributed by atoms with Crippen LogP contribution in [0, 0.1) is 23.7 Å². The number of carboxylic acid groups (broad SMARTS) is 1. The number of carbonyl (C=O) groups is 2. The van der Waals surface area contributed by atoms with E-state index in [0.717, 1.165) is 0 Å². The first-order valence-corrected chi connectivity index (χ1v) is 5.86. The van der Waals surface area contributed by atoms with Crippen LogP contribution in [0.25, 0.3) is 0 Å². The molecule has 0 aliphatic rings. The summed E-state index contributed by atoms with van der Waals surface area (Å²) in [6.07, 6.45) is 5.27. The van der Waals surface area contributed by atoms with E-state index in [1.807, 2.05) is 0 Å². The van der Waals surface area contributed by atoms with E-state index >= 15 is 0 Å². The third-order valence-corrected chi connectivity index (χ3v) is 2.67. The number of amides is 1. The predicted molar refractivity (Wildman–Crippen MR) is 73.6 cm³/mol. The van der Waals surface area contributed by atoms with Gasteiger partial charge in [0, 0.05) is 11.3 Å². The van der Waals surface area contributed by atoms with Crippen LogP contribution in [0.4, 0.5) is 5.69 Å². The average molecular weight is 259 g/mol. The van der Waals surface area contributed by atoms with Crippen LogP contribution < -0.4 is 5.32 Å². The van der Waals surface area contributed by atoms with Crippen molar-refractivity contribution in [2.45, 2.75) is 20.8 Å². The van der Waals surface area contributed by atoms with Crippen molar-refractivity contribution in [2.24, 2.45) is 11.3 Å². The van der Waals surface area contributed by atoms with Crippen LogP contribution in [0.3, 0.4) is 0 Å². The Hall–Kier alpha value is -2.28. The second-order valence-electron chi connectivity index (χ2n) is 5.35. The minimum Gasteiger partial charge on any atom is -0.481 e. The van der Waals surface area contributed by atoms with Gasteiger partial charge in [0.2, 0.25) is 5.91 Å². The third-order valence-electron chi connectivity index (χ3n) is 2.67. The van der Waals surface area contributed by atoms with Gasteiger partial charge < -0.3 is 10.4 Å². The van der Waals surface area contributed by atoms with Gasteiger partial charge in [0.1, 0.15) is 5.92 Å². The van der Waals surface area contributed by atoms with Gasteiger partial charge >= 0.3 is 5.97 Å². The molecule has 0 saturated heterocycles. The van der Waals surface area contributed by atoms with Gasteiger partial charge in [0.05, 0.1) is 0 Å². The summed E-state index contributed by atoms with van der Waals surface area (Å²) < 4.78 is 0. The van der Waals surface area contributed by atoms with Crippen molar-refractivity contribution in [3.8, 4) is 12.3 Å². The summed E-state index contributed by atoms with van der Waals surface area (Å²) in [5, 5.41) is 11.8. The molecule has 19 heavy (non-hydrogen) atoms. The molecule has 0 fully saturated rings. The molecule has 1 aromatic carbocycles. The molecule has 0 aromatic heterocycles. The molecule has 100 valence electrons. The second-order valence-corrected chi connectivity index (χ2v) is 5.35. The minimum atomic E-state index is -1.14. The van der Waals surface area contributed by atoms with Crippen molar-refractivity contribution in [3.05, 3.63) is 29.8 Å². The topological polar surface area (TPSA) is 66.4 Å². The van der Waals surface area contributed by atoms with Gasteiger partial charge in [-0.1, -0.05) is 32.8 Å². The van der Waals surface area contributed by atoms with E-state index in [9.17, 15) is 9.59 Å². The van der Waals surface area contributed by atoms with Crippen LogP contribution in [0.2, 0.25) is 0 Å². The largest absolute Gasteiger partial charge is 0.481 e. The number of aliphatic carboxylic acids is 1. The van der Waals surface area contributed by atoms with Crippen LogP contribution in [0.15, 0.2) is 24.3 Å². The molecule has 0 saturated carbocycles. The molecule has 1 atom stereocenters. The van der Waals surface area contributed by atoms with Crippen molar-refractivity contribution in [1.29, 1.82) is 0 Å². The lowest BCUT2D eigenvalue weighted by Crippen LogP contribution is -2.39. The van der Waals surface area contributed by atoms with Gasteiger partial charge in [0.25, 0.3) is 0 Å². The number of benzene rings is 1. The molecule has 1 aromatic rings. The Morgan fingerprint density at radius 3 is 2.47 bits per heavy atom. The van der Waals surface area contributed by atoms with E-state index in [2.05, 4.69) is 11.2 Å². The molecule has 0 radical (unpaired) electrons. The molecule has 0 bridgehead atoms. The summed E-state index contributed by atoms with van der Waals surface area (Å²) in [7, 11) is 0. The number of carbonyl (C=O) groups excluding carboxylic acids is 1. The summed E-state index contributed by atoms with van der Waals surface area (Å²) in [4.78, 5) is 23.3. The summed E-state index contributed by atoms with van der Waals surface area (Å²) in [6.45, 7) is 5.13. The molecular weight excluding hydrogens is 242 g/mol. The molecule has 2 N–H and O–H groups in total. The number of nitrogens with one attached hydrogen (secondary N) is 1. The van der Waals surface area contributed by atoms with Crippen molar-refractivity contribution in [1.82, 2.24) is 0 Å². The number of hydrogen-bond donors (Lipinski definition) is 2. The quantitative estimate of drug-likeness (QED) is 0.647. The first-order chi connectivity index (χ1) is 8.75. The first kappa shape index (κ1) is 14.8. The number of rotatable bonds is 3. The lowest BCUT2D eigenvalue weighted by Gasteiger charge is -2.25. The van der Waals surface area contributed by atoms with Crippen molar-refractivity contribution in [2.75, 3.05) is 5.32 Å². The number of hydrogen-bond acceptors (Lipinski definition) is 2. The van der Waals surface area contributed by atoms with E-state index in [0.29, 0.717) is 11.3 Å². The number of terminal acetylenes is 1. The molecule has 1 rings (SSSR count). The van der Waals surface area contributed by atoms with Gasteiger partial charge in [-0.25, -0.2) is 0 Å². The fourth-order valence-electron chi connectivity index (χ4n) is 1.78. The molecule has 0 aliphatic heterocycles. The molecular formula is C15H17NO3. The lowest BCUT2D eigenvalue weighted by atomic mass is 9.80. The van der Waals surface area contributed by atoms with Crippen LogP contribution in [0.5, 0.6) is 0 Å². The Balaban J connectivity index is 2.95. The standard InChI is InChI=1S/C15H17NO3/c1-5-10-7-6-8-11(9-10)16-13(17)12(14(18)19)15(2,3)4/h1,6-9,12H,2-4H3,(H,16,17)(H,18,19). The molecule has 0 aliphatic carbocycles. The second kappa shape index (κ2) is 5.57. The summed E-state index contributed by atoms with van der Waals surface area (Å²) >= 11 is 0. The van der Waals surface area contributed by atoms with Crippen molar-refractivity contribution < 1.29 is 14.7 Å². The van der Waals surface area contributed by atoms with Gasteiger partial charge in [-0.15, -0.1) is 6.42 Å². The maximum absolute atomic E-state index is 12.1. The van der Waals surface area contributed by atoms with Crippen LogP contribution in [-0.4, -0.2) is 17.0 Å². The highest BCUT2D eigenvalue weighted by Gasteiger charge is 2.37. The molecule has 1 unspecified atom stereocenters. The van der Waals surface area contributed by atoms with E-state index in [1.54, 1.807) is 45.0 Å². The molecule has 4 nitrogen and oxygen atoms in total. The molecule has 4 heteroatoms. The maximum atomic E-state index is 12.1. The number of carboxylic acids is 1. The van der Waals surface area contributed by atoms with Crippen molar-refractivity contribution >= 4 is 17.6 Å². The normalized spacial score (nSPS) is 12.3. The van der Waals surface area contributed by atoms with Gasteiger partial charge in [-0.3, -0.25) is 9.59 Å². The Kier molecular flexibility index (Phi) is 4.34. The van der Waals surface area contributed by atoms with Gasteiger partial charge in [0.15, 0.2) is 0 Å². The highest BCUT2D eigenvalue weighted by Crippen LogP contribution is 2.27. The first-order valence-electron chi connectivity index (χ1n) is 5.86. The number of anilines is 1. The zero-order chi connectivity index (χ0) is 14.6. The van der Waals surface area contributed by atoms with E-state index in [1.165, 1.54) is 0 Å². The lowest BCUT2D eigenvalue weighted by molar-refractivity contribution is -0.149. The third kappa shape index (κ3) is 3.85. The van der Waals surface area contributed by atoms with Gasteiger partial charge in [-0.2, -0.15) is 0 Å². The Labute approximate surface area is 112 Å². The zero-order valence-corrected chi connectivity index (χ0v) is 11.2. The monoisotopic (exact) mass is 259 g/mol. The van der Waals surface area contributed by atoms with Gasteiger partial charge in [-0.05, 0) is 23.6 Å².